The molecule has 0 aliphatic rings. The first-order chi connectivity index (χ1) is 71.5. The first kappa shape index (κ1) is 86.4. The molecule has 0 amide bonds. The number of nitrogens with zero attached hydrogens (tertiary/aromatic N) is 6. The van der Waals surface area contributed by atoms with Crippen LogP contribution in [0.1, 0.15) is 0 Å². The van der Waals surface area contributed by atoms with Crippen molar-refractivity contribution in [1.29, 1.82) is 0 Å². The van der Waals surface area contributed by atoms with Crippen molar-refractivity contribution >= 4 is 149 Å². The number of benzene rings is 24. The molecule has 144 heavy (non-hydrogen) atoms. The first-order valence-corrected chi connectivity index (χ1v) is 49.3. The first-order valence-electron chi connectivity index (χ1n) is 49.3. The van der Waals surface area contributed by atoms with Gasteiger partial charge in [0.1, 0.15) is 0 Å². The van der Waals surface area contributed by atoms with Crippen molar-refractivity contribution in [3.63, 3.8) is 0 Å². The monoisotopic (exact) mass is 1840 g/mol. The van der Waals surface area contributed by atoms with Crippen molar-refractivity contribution in [2.24, 2.45) is 0 Å². The van der Waals surface area contributed by atoms with Gasteiger partial charge in [-0.2, -0.15) is 0 Å². The minimum absolute atomic E-state index is 1.11. The van der Waals surface area contributed by atoms with Crippen LogP contribution in [0.5, 0.6) is 0 Å². The van der Waals surface area contributed by atoms with Crippen LogP contribution in [0.4, 0.5) is 51.2 Å². The minimum Gasteiger partial charge on any atom is -0.310 e. The third-order valence-corrected chi connectivity index (χ3v) is 28.1. The zero-order valence-corrected chi connectivity index (χ0v) is 79.1. The van der Waals surface area contributed by atoms with Crippen LogP contribution in [0, 0.1) is 0 Å². The lowest BCUT2D eigenvalue weighted by Crippen LogP contribution is -2.10. The molecule has 0 atom stereocenters. The maximum absolute atomic E-state index is 2.40. The predicted octanol–water partition coefficient (Wildman–Crippen LogP) is 38.2. The average molecular weight is 1840 g/mol. The number of aromatic nitrogens is 3. The van der Waals surface area contributed by atoms with Gasteiger partial charge in [0.05, 0.1) is 38.8 Å². The Bertz CT molecular complexity index is 8900. The Morgan fingerprint density at radius 1 is 0.118 bits per heavy atom. The minimum atomic E-state index is 1.11. The van der Waals surface area contributed by atoms with Gasteiger partial charge >= 0.3 is 0 Å². The van der Waals surface area contributed by atoms with E-state index in [1.54, 1.807) is 0 Å². The Morgan fingerprint density at radius 2 is 0.347 bits per heavy atom. The zero-order valence-electron chi connectivity index (χ0n) is 79.1. The summed E-state index contributed by atoms with van der Waals surface area (Å²) in [6, 6.07) is 209. The van der Waals surface area contributed by atoms with E-state index in [2.05, 4.69) is 611 Å². The molecule has 0 spiro atoms. The van der Waals surface area contributed by atoms with Gasteiger partial charge in [-0.05, 0) is 270 Å². The molecule has 0 N–H and O–H groups in total. The Hall–Kier alpha value is -19.1. The van der Waals surface area contributed by atoms with Crippen LogP contribution in [0.3, 0.4) is 0 Å². The van der Waals surface area contributed by atoms with Crippen molar-refractivity contribution in [3.8, 4) is 83.8 Å². The summed E-state index contributed by atoms with van der Waals surface area (Å²) in [5, 5.41) is 15.0. The van der Waals surface area contributed by atoms with E-state index in [9.17, 15) is 0 Å². The standard InChI is InChI=1S/3C46H32N2/c1-4-13-33(14-5-1)35-23-27-38(28-24-35)47(39-29-25-36(26-30-39)34-15-6-2-7-16-34)43-22-12-20-41-40(43)31-32-45-46(41)42-19-10-11-21-44(42)48(45)37-17-8-3-9-18-37;1-4-12-33(13-5-1)35-20-26-39(27-21-35)47(40-28-22-36(23-29-40)34-14-6-2-7-15-34)41-30-24-37-25-31-45-46(43(37)32-41)42-18-10-11-19-44(42)48(45)38-16-8-3-9-17-38;1-4-12-33(13-5-1)35-20-25-39(26-21-35)47(40-27-22-36(23-28-40)34-14-6-2-7-15-34)41-29-30-42-37(32-41)24-31-45-46(42)43-18-10-11-19-44(43)48(45)38-16-8-3-9-17-38/h3*1-32H. The number of anilines is 9. The summed E-state index contributed by atoms with van der Waals surface area (Å²) in [5.74, 6) is 0. The van der Waals surface area contributed by atoms with Gasteiger partial charge in [0.2, 0.25) is 0 Å². The number of hydrogen-bond acceptors (Lipinski definition) is 3. The molecule has 3 heterocycles. The van der Waals surface area contributed by atoms with Crippen LogP contribution >= 0.6 is 0 Å². The summed E-state index contributed by atoms with van der Waals surface area (Å²) in [4.78, 5) is 7.13. The molecule has 27 rings (SSSR count). The fourth-order valence-electron chi connectivity index (χ4n) is 21.3. The number of fused-ring (bicyclic) bond motifs is 15. The summed E-state index contributed by atoms with van der Waals surface area (Å²) in [6.45, 7) is 0. The van der Waals surface area contributed by atoms with Crippen molar-refractivity contribution in [2.75, 3.05) is 14.7 Å². The molecule has 0 saturated heterocycles. The smallest absolute Gasteiger partial charge is 0.0547 e. The van der Waals surface area contributed by atoms with Gasteiger partial charge < -0.3 is 28.4 Å². The van der Waals surface area contributed by atoms with Gasteiger partial charge in [-0.3, -0.25) is 0 Å². The Balaban J connectivity index is 0.000000113. The summed E-state index contributed by atoms with van der Waals surface area (Å²) in [5.41, 5.74) is 35.3. The predicted molar refractivity (Wildman–Crippen MR) is 612 cm³/mol. The van der Waals surface area contributed by atoms with Crippen molar-refractivity contribution < 1.29 is 0 Å². The van der Waals surface area contributed by atoms with Crippen LogP contribution in [0.15, 0.2) is 582 Å². The molecular formula is C138H96N6. The molecule has 0 radical (unpaired) electrons. The topological polar surface area (TPSA) is 24.5 Å². The third-order valence-electron chi connectivity index (χ3n) is 28.1. The lowest BCUT2D eigenvalue weighted by Gasteiger charge is -2.27. The van der Waals surface area contributed by atoms with Crippen LogP contribution < -0.4 is 14.7 Å². The van der Waals surface area contributed by atoms with Gasteiger partial charge in [-0.25, -0.2) is 0 Å². The molecule has 6 heteroatoms. The molecule has 0 aliphatic carbocycles. The normalized spacial score (nSPS) is 11.3. The van der Waals surface area contributed by atoms with E-state index in [-0.39, 0.29) is 0 Å². The third kappa shape index (κ3) is 16.5. The highest BCUT2D eigenvalue weighted by atomic mass is 15.2. The van der Waals surface area contributed by atoms with Crippen LogP contribution in [-0.2, 0) is 0 Å². The van der Waals surface area contributed by atoms with E-state index < -0.39 is 0 Å². The summed E-state index contributed by atoms with van der Waals surface area (Å²) >= 11 is 0. The van der Waals surface area contributed by atoms with Gasteiger partial charge in [-0.15, -0.1) is 0 Å². The number of hydrogen-bond donors (Lipinski definition) is 0. The lowest BCUT2D eigenvalue weighted by atomic mass is 10.00. The largest absolute Gasteiger partial charge is 0.310 e. The highest BCUT2D eigenvalue weighted by molar-refractivity contribution is 6.25. The maximum Gasteiger partial charge on any atom is 0.0547 e. The van der Waals surface area contributed by atoms with Gasteiger partial charge in [-0.1, -0.05) is 406 Å². The molecule has 0 fully saturated rings. The second-order valence-corrected chi connectivity index (χ2v) is 36.6. The fourth-order valence-corrected chi connectivity index (χ4v) is 21.3. The van der Waals surface area contributed by atoms with Crippen molar-refractivity contribution in [3.05, 3.63) is 582 Å². The zero-order chi connectivity index (χ0) is 95.6. The van der Waals surface area contributed by atoms with E-state index >= 15 is 0 Å². The molecule has 0 unspecified atom stereocenters. The highest BCUT2D eigenvalue weighted by Gasteiger charge is 2.25. The SMILES string of the molecule is c1ccc(-c2ccc(N(c3ccc(-c4ccccc4)cc3)c3ccc4c(ccc5c4c4ccccc4n5-c4ccccc4)c3)cc2)cc1.c1ccc(-c2ccc(N(c3ccc(-c4ccccc4)cc3)c3ccc4ccc5c(c4c3)c3ccccc3n5-c3ccccc3)cc2)cc1.c1ccc(-c2ccc(N(c3ccc(-c4ccccc4)cc3)c3cccc4c3ccc3c4c4ccccc4n3-c3ccccc3)cc2)cc1. The van der Waals surface area contributed by atoms with E-state index in [0.29, 0.717) is 0 Å². The van der Waals surface area contributed by atoms with Crippen LogP contribution in [0.2, 0.25) is 0 Å². The van der Waals surface area contributed by atoms with Crippen molar-refractivity contribution in [2.45, 2.75) is 0 Å². The van der Waals surface area contributed by atoms with Crippen LogP contribution in [-0.4, -0.2) is 13.7 Å². The van der Waals surface area contributed by atoms with Gasteiger partial charge in [0.15, 0.2) is 0 Å². The molecule has 27 aromatic rings. The molecule has 0 saturated carbocycles. The Morgan fingerprint density at radius 3 is 0.681 bits per heavy atom. The summed E-state index contributed by atoms with van der Waals surface area (Å²) in [7, 11) is 0. The molecule has 0 bridgehead atoms. The van der Waals surface area contributed by atoms with Crippen molar-refractivity contribution in [1.82, 2.24) is 13.7 Å². The molecule has 6 nitrogen and oxygen atoms in total. The Kier molecular flexibility index (Phi) is 23.0. The summed E-state index contributed by atoms with van der Waals surface area (Å²) in [6.07, 6.45) is 0. The molecule has 24 aromatic carbocycles. The molecular weight excluding hydrogens is 1740 g/mol. The molecule has 678 valence electrons. The van der Waals surface area contributed by atoms with Gasteiger partial charge in [0.25, 0.3) is 0 Å². The van der Waals surface area contributed by atoms with E-state index in [0.717, 1.165) is 62.6 Å². The summed E-state index contributed by atoms with van der Waals surface area (Å²) < 4.78 is 7.16. The van der Waals surface area contributed by atoms with E-state index in [4.69, 9.17) is 0 Å². The van der Waals surface area contributed by atoms with Crippen LogP contribution in [0.25, 0.3) is 182 Å². The second kappa shape index (κ2) is 38.3. The fraction of sp³-hybridized carbons (Fsp3) is 0. The maximum atomic E-state index is 2.40. The number of rotatable bonds is 18. The lowest BCUT2D eigenvalue weighted by molar-refractivity contribution is 1.18. The highest BCUT2D eigenvalue weighted by Crippen LogP contribution is 2.49. The molecule has 0 aliphatic heterocycles. The van der Waals surface area contributed by atoms with E-state index in [1.165, 1.54) is 170 Å². The van der Waals surface area contributed by atoms with Gasteiger partial charge in [0, 0.05) is 100 Å². The Labute approximate surface area is 837 Å². The molecule has 3 aromatic heterocycles. The quantitative estimate of drug-likeness (QED) is 0.0856. The number of para-hydroxylation sites is 6. The average Bonchev–Trinajstić information content (AvgIpc) is 1.56. The second-order valence-electron chi connectivity index (χ2n) is 36.6. The van der Waals surface area contributed by atoms with E-state index in [1.807, 2.05) is 0 Å².